The minimum Gasteiger partial charge on any atom is -0.460 e. The van der Waals surface area contributed by atoms with Crippen molar-refractivity contribution in [2.24, 2.45) is 5.92 Å². The number of rotatable bonds is 5. The fraction of sp³-hybridized carbons (Fsp3) is 0.800. The van der Waals surface area contributed by atoms with Gasteiger partial charge >= 0.3 is 5.97 Å². The number of carbonyl (C=O) groups is 1. The van der Waals surface area contributed by atoms with E-state index in [0.29, 0.717) is 24.4 Å². The highest BCUT2D eigenvalue weighted by atomic mass is 16.5. The van der Waals surface area contributed by atoms with E-state index in [1.54, 1.807) is 0 Å². The van der Waals surface area contributed by atoms with Gasteiger partial charge in [0.05, 0.1) is 6.61 Å². The molecule has 1 saturated carbocycles. The molecule has 0 amide bonds. The molecule has 0 radical (unpaired) electrons. The molecule has 0 bridgehead atoms. The van der Waals surface area contributed by atoms with Crippen molar-refractivity contribution in [2.45, 2.75) is 65.3 Å². The Morgan fingerprint density at radius 1 is 1.30 bits per heavy atom. The summed E-state index contributed by atoms with van der Waals surface area (Å²) < 4.78 is 7.11. The Morgan fingerprint density at radius 2 is 2.00 bits per heavy atom. The van der Waals surface area contributed by atoms with E-state index in [2.05, 4.69) is 17.1 Å². The number of carbonyl (C=O) groups excluding carboxylic acids is 1. The number of esters is 1. The van der Waals surface area contributed by atoms with Crippen LogP contribution < -0.4 is 0 Å². The van der Waals surface area contributed by atoms with Crippen LogP contribution in [-0.4, -0.2) is 27.3 Å². The van der Waals surface area contributed by atoms with Gasteiger partial charge in [0, 0.05) is 6.04 Å². The fourth-order valence-electron chi connectivity index (χ4n) is 3.35. The Labute approximate surface area is 120 Å². The minimum atomic E-state index is -0.359. The van der Waals surface area contributed by atoms with Gasteiger partial charge in [0.2, 0.25) is 5.82 Å². The van der Waals surface area contributed by atoms with Crippen LogP contribution in [-0.2, 0) is 4.74 Å². The fourth-order valence-corrected chi connectivity index (χ4v) is 3.35. The van der Waals surface area contributed by atoms with Crippen LogP contribution in [0, 0.1) is 12.8 Å². The lowest BCUT2D eigenvalue weighted by Gasteiger charge is -2.31. The molecule has 112 valence electrons. The zero-order valence-corrected chi connectivity index (χ0v) is 12.8. The van der Waals surface area contributed by atoms with Crippen LogP contribution in [0.25, 0.3) is 0 Å². The topological polar surface area (TPSA) is 57.0 Å². The van der Waals surface area contributed by atoms with E-state index in [1.165, 1.54) is 32.1 Å². The van der Waals surface area contributed by atoms with Crippen molar-refractivity contribution in [3.05, 3.63) is 11.6 Å². The Hall–Kier alpha value is -1.39. The molecule has 0 aromatic carbocycles. The second-order valence-corrected chi connectivity index (χ2v) is 5.53. The highest BCUT2D eigenvalue weighted by molar-refractivity contribution is 5.85. The number of hydrogen-bond acceptors (Lipinski definition) is 4. The number of aryl methyl sites for hydroxylation is 1. The van der Waals surface area contributed by atoms with E-state index >= 15 is 0 Å². The highest BCUT2D eigenvalue weighted by Crippen LogP contribution is 2.35. The minimum absolute atomic E-state index is 0.310. The number of nitrogens with zero attached hydrogens (tertiary/aromatic N) is 3. The van der Waals surface area contributed by atoms with Gasteiger partial charge in [-0.1, -0.05) is 26.2 Å². The maximum absolute atomic E-state index is 12.0. The Balaban J connectivity index is 2.28. The molecule has 1 fully saturated rings. The molecule has 5 nitrogen and oxygen atoms in total. The zero-order valence-electron chi connectivity index (χ0n) is 12.8. The van der Waals surface area contributed by atoms with Crippen molar-refractivity contribution in [1.29, 1.82) is 0 Å². The van der Waals surface area contributed by atoms with Crippen LogP contribution in [0.5, 0.6) is 0 Å². The van der Waals surface area contributed by atoms with Crippen molar-refractivity contribution in [1.82, 2.24) is 14.8 Å². The molecular formula is C15H25N3O2. The molecule has 1 unspecified atom stereocenters. The van der Waals surface area contributed by atoms with Crippen molar-refractivity contribution < 1.29 is 9.53 Å². The third kappa shape index (κ3) is 3.02. The van der Waals surface area contributed by atoms with Gasteiger partial charge in [0.1, 0.15) is 5.82 Å². The van der Waals surface area contributed by atoms with Gasteiger partial charge in [-0.3, -0.25) is 0 Å². The van der Waals surface area contributed by atoms with E-state index in [1.807, 2.05) is 18.4 Å². The first-order valence-corrected chi connectivity index (χ1v) is 7.77. The van der Waals surface area contributed by atoms with Crippen LogP contribution in [0.4, 0.5) is 0 Å². The van der Waals surface area contributed by atoms with E-state index in [-0.39, 0.29) is 5.97 Å². The zero-order chi connectivity index (χ0) is 14.5. The van der Waals surface area contributed by atoms with E-state index in [9.17, 15) is 4.79 Å². The number of aromatic nitrogens is 3. The average molecular weight is 279 g/mol. The molecule has 20 heavy (non-hydrogen) atoms. The highest BCUT2D eigenvalue weighted by Gasteiger charge is 2.29. The molecule has 1 aromatic rings. The van der Waals surface area contributed by atoms with Crippen LogP contribution in [0.15, 0.2) is 0 Å². The van der Waals surface area contributed by atoms with Gasteiger partial charge in [-0.2, -0.15) is 0 Å². The van der Waals surface area contributed by atoms with Crippen LogP contribution in [0.2, 0.25) is 0 Å². The van der Waals surface area contributed by atoms with E-state index in [0.717, 1.165) is 12.2 Å². The quantitative estimate of drug-likeness (QED) is 0.776. The largest absolute Gasteiger partial charge is 0.460 e. The van der Waals surface area contributed by atoms with Crippen LogP contribution in [0.1, 0.15) is 74.9 Å². The van der Waals surface area contributed by atoms with Gasteiger partial charge < -0.3 is 9.30 Å². The molecule has 1 aromatic heterocycles. The van der Waals surface area contributed by atoms with Crippen molar-refractivity contribution >= 4 is 5.97 Å². The summed E-state index contributed by atoms with van der Waals surface area (Å²) >= 11 is 0. The molecule has 0 saturated heterocycles. The molecule has 2 rings (SSSR count). The molecule has 5 heteroatoms. The Bertz CT molecular complexity index is 450. The standard InChI is InChI=1S/C15H25N3O2/c1-4-13(12-9-7-6-8-10-12)18-11(3)16-17-14(18)15(19)20-5-2/h12-13H,4-10H2,1-3H3. The van der Waals surface area contributed by atoms with E-state index < -0.39 is 0 Å². The summed E-state index contributed by atoms with van der Waals surface area (Å²) in [6, 6.07) is 0.310. The first-order chi connectivity index (χ1) is 9.69. The van der Waals surface area contributed by atoms with Crippen molar-refractivity contribution in [3.8, 4) is 0 Å². The third-order valence-electron chi connectivity index (χ3n) is 4.27. The van der Waals surface area contributed by atoms with Gasteiger partial charge in [-0.25, -0.2) is 4.79 Å². The smallest absolute Gasteiger partial charge is 0.376 e. The second-order valence-electron chi connectivity index (χ2n) is 5.53. The summed E-state index contributed by atoms with van der Waals surface area (Å²) in [4.78, 5) is 12.0. The first-order valence-electron chi connectivity index (χ1n) is 7.77. The second kappa shape index (κ2) is 6.86. The lowest BCUT2D eigenvalue weighted by molar-refractivity contribution is 0.0498. The molecule has 1 heterocycles. The number of ether oxygens (including phenoxy) is 1. The molecule has 0 N–H and O–H groups in total. The summed E-state index contributed by atoms with van der Waals surface area (Å²) in [5.74, 6) is 1.44. The monoisotopic (exact) mass is 279 g/mol. The van der Waals surface area contributed by atoms with Crippen molar-refractivity contribution in [2.75, 3.05) is 6.61 Å². The molecular weight excluding hydrogens is 254 g/mol. The summed E-state index contributed by atoms with van der Waals surface area (Å²) in [6.45, 7) is 6.27. The lowest BCUT2D eigenvalue weighted by atomic mass is 9.82. The molecule has 0 spiro atoms. The van der Waals surface area contributed by atoms with Gasteiger partial charge in [-0.15, -0.1) is 10.2 Å². The normalized spacial score (nSPS) is 17.9. The third-order valence-corrected chi connectivity index (χ3v) is 4.27. The Morgan fingerprint density at radius 3 is 2.60 bits per heavy atom. The summed E-state index contributed by atoms with van der Waals surface area (Å²) in [7, 11) is 0. The summed E-state index contributed by atoms with van der Waals surface area (Å²) in [5.41, 5.74) is 0. The maximum Gasteiger partial charge on any atom is 0.376 e. The molecule has 1 atom stereocenters. The van der Waals surface area contributed by atoms with Crippen molar-refractivity contribution in [3.63, 3.8) is 0 Å². The van der Waals surface area contributed by atoms with E-state index in [4.69, 9.17) is 4.74 Å². The SMILES string of the molecule is CCOC(=O)c1nnc(C)n1C(CC)C1CCCCC1. The molecule has 1 aliphatic carbocycles. The lowest BCUT2D eigenvalue weighted by Crippen LogP contribution is -2.26. The maximum atomic E-state index is 12.0. The molecule has 1 aliphatic rings. The predicted octanol–water partition coefficient (Wildman–Crippen LogP) is 3.29. The predicted molar refractivity (Wildman–Crippen MR) is 76.6 cm³/mol. The average Bonchev–Trinajstić information content (AvgIpc) is 2.84. The van der Waals surface area contributed by atoms with Gasteiger partial charge in [-0.05, 0) is 39.0 Å². The Kier molecular flexibility index (Phi) is 5.15. The summed E-state index contributed by atoms with van der Waals surface area (Å²) in [6.07, 6.45) is 7.37. The number of hydrogen-bond donors (Lipinski definition) is 0. The first kappa shape index (κ1) is 15.0. The van der Waals surface area contributed by atoms with Gasteiger partial charge in [0.25, 0.3) is 0 Å². The summed E-state index contributed by atoms with van der Waals surface area (Å²) in [5, 5.41) is 8.13. The van der Waals surface area contributed by atoms with Gasteiger partial charge in [0.15, 0.2) is 0 Å². The van der Waals surface area contributed by atoms with Crippen LogP contribution in [0.3, 0.4) is 0 Å². The molecule has 0 aliphatic heterocycles. The van der Waals surface area contributed by atoms with Crippen LogP contribution >= 0.6 is 0 Å².